The zero-order valence-corrected chi connectivity index (χ0v) is 31.6. The Morgan fingerprint density at radius 3 is 1.24 bits per heavy atom. The lowest BCUT2D eigenvalue weighted by Gasteiger charge is -2.43. The maximum Gasteiger partial charge on any atom is 0.144 e. The van der Waals surface area contributed by atoms with Crippen molar-refractivity contribution >= 4 is 43.6 Å². The van der Waals surface area contributed by atoms with Crippen molar-refractivity contribution in [1.29, 1.82) is 0 Å². The van der Waals surface area contributed by atoms with Gasteiger partial charge in [0.2, 0.25) is 0 Å². The molecule has 1 aliphatic carbocycles. The number of phenols is 2. The number of likely N-dealkylation sites (N-methyl/N-ethyl adjacent to an activating group) is 1. The highest BCUT2D eigenvalue weighted by atomic mass is 16.3. The fourth-order valence-electron chi connectivity index (χ4n) is 9.46. The van der Waals surface area contributed by atoms with Crippen LogP contribution in [0, 0.1) is 13.8 Å². The molecule has 6 nitrogen and oxygen atoms in total. The molecule has 272 valence electrons. The van der Waals surface area contributed by atoms with E-state index in [1.165, 1.54) is 28.0 Å². The largest absolute Gasteiger partial charge is 0.505 e. The van der Waals surface area contributed by atoms with Gasteiger partial charge in [-0.3, -0.25) is 4.90 Å². The number of hydrogen-bond acceptors (Lipinski definition) is 4. The summed E-state index contributed by atoms with van der Waals surface area (Å²) >= 11 is 0. The lowest BCUT2D eigenvalue weighted by molar-refractivity contribution is 0.0614. The molecule has 2 N–H and O–H groups in total. The molecule has 6 aromatic carbocycles. The van der Waals surface area contributed by atoms with E-state index in [0.29, 0.717) is 30.6 Å². The predicted octanol–water partition coefficient (Wildman–Crippen LogP) is 10.8. The number of aromatic hydroxyl groups is 2. The summed E-state index contributed by atoms with van der Waals surface area (Å²) in [7, 11) is 4.38. The standard InChI is InChI=1S/C48H48N4O2/c1-31-25-33(47(53)45(27-31)51-39-19-9-5-15-35(39)36-16-6-10-20-40(36)51)29-50(44-24-14-13-23-43(44)49(3)4)30-34-26-32(2)28-46(48(34)54)52-41-21-11-7-17-37(41)38-18-8-12-22-42(38)52/h5-12,15-22,25-28,43-44,53-54H,13-14,23-24,29-30H2,1-4H3. The number of aromatic nitrogens is 2. The van der Waals surface area contributed by atoms with E-state index in [1.54, 1.807) is 0 Å². The van der Waals surface area contributed by atoms with Crippen LogP contribution in [-0.4, -0.2) is 55.3 Å². The van der Waals surface area contributed by atoms with Crippen molar-refractivity contribution in [3.63, 3.8) is 0 Å². The van der Waals surface area contributed by atoms with Gasteiger partial charge < -0.3 is 24.2 Å². The van der Waals surface area contributed by atoms with Crippen molar-refractivity contribution in [3.05, 3.63) is 144 Å². The maximum atomic E-state index is 12.4. The molecule has 2 heterocycles. The molecule has 0 amide bonds. The quantitative estimate of drug-likeness (QED) is 0.165. The second-order valence-corrected chi connectivity index (χ2v) is 15.6. The number of phenolic OH excluding ortho intramolecular Hbond substituents is 2. The summed E-state index contributed by atoms with van der Waals surface area (Å²) in [5, 5.41) is 29.4. The fraction of sp³-hybridized carbons (Fsp3) is 0.250. The third-order valence-corrected chi connectivity index (χ3v) is 11.8. The van der Waals surface area contributed by atoms with E-state index in [4.69, 9.17) is 0 Å². The second kappa shape index (κ2) is 13.7. The molecule has 0 spiro atoms. The van der Waals surface area contributed by atoms with Crippen LogP contribution in [0.4, 0.5) is 0 Å². The van der Waals surface area contributed by atoms with Crippen molar-refractivity contribution in [2.75, 3.05) is 14.1 Å². The minimum Gasteiger partial charge on any atom is -0.505 e. The monoisotopic (exact) mass is 712 g/mol. The molecule has 6 heteroatoms. The average molecular weight is 713 g/mol. The van der Waals surface area contributed by atoms with E-state index in [0.717, 1.165) is 75.0 Å². The van der Waals surface area contributed by atoms with Crippen LogP contribution in [-0.2, 0) is 13.1 Å². The summed E-state index contributed by atoms with van der Waals surface area (Å²) in [6, 6.07) is 42.9. The molecule has 1 saturated carbocycles. The molecular weight excluding hydrogens is 665 g/mol. The van der Waals surface area contributed by atoms with Crippen LogP contribution in [0.2, 0.25) is 0 Å². The van der Waals surface area contributed by atoms with Crippen LogP contribution in [0.15, 0.2) is 121 Å². The van der Waals surface area contributed by atoms with Gasteiger partial charge in [0.05, 0.1) is 33.4 Å². The van der Waals surface area contributed by atoms with Crippen molar-refractivity contribution in [3.8, 4) is 22.9 Å². The lowest BCUT2D eigenvalue weighted by Crippen LogP contribution is -2.50. The van der Waals surface area contributed by atoms with Crippen LogP contribution in [0.5, 0.6) is 11.5 Å². The molecule has 1 fully saturated rings. The SMILES string of the molecule is Cc1cc(CN(Cc2cc(C)cc(-n3c4ccccc4c4ccccc43)c2O)C2CCCCC2N(C)C)c(O)c(-n2c3ccccc3c3ccccc32)c1. The van der Waals surface area contributed by atoms with Crippen molar-refractivity contribution in [2.24, 2.45) is 0 Å². The number of nitrogens with zero attached hydrogens (tertiary/aromatic N) is 4. The van der Waals surface area contributed by atoms with Gasteiger partial charge >= 0.3 is 0 Å². The Bertz CT molecular complexity index is 2410. The first-order valence-corrected chi connectivity index (χ1v) is 19.3. The molecule has 8 aromatic rings. The van der Waals surface area contributed by atoms with Gasteiger partial charge in [0, 0.05) is 57.8 Å². The highest BCUT2D eigenvalue weighted by molar-refractivity contribution is 6.10. The smallest absolute Gasteiger partial charge is 0.144 e. The van der Waals surface area contributed by atoms with Gasteiger partial charge in [-0.2, -0.15) is 0 Å². The fourth-order valence-corrected chi connectivity index (χ4v) is 9.46. The molecule has 1 aliphatic rings. The van der Waals surface area contributed by atoms with Gasteiger partial charge in [0.15, 0.2) is 0 Å². The summed E-state index contributed by atoms with van der Waals surface area (Å²) in [4.78, 5) is 4.90. The Kier molecular flexibility index (Phi) is 8.68. The van der Waals surface area contributed by atoms with Gasteiger partial charge in [-0.1, -0.05) is 97.8 Å². The normalized spacial score (nSPS) is 16.5. The predicted molar refractivity (Wildman–Crippen MR) is 223 cm³/mol. The summed E-state index contributed by atoms with van der Waals surface area (Å²) in [5.74, 6) is 0.600. The average Bonchev–Trinajstić information content (AvgIpc) is 3.70. The summed E-state index contributed by atoms with van der Waals surface area (Å²) in [6.45, 7) is 5.34. The first kappa shape index (κ1) is 34.2. The second-order valence-electron chi connectivity index (χ2n) is 15.6. The Balaban J connectivity index is 1.18. The number of para-hydroxylation sites is 4. The van der Waals surface area contributed by atoms with E-state index >= 15 is 0 Å². The minimum atomic E-state index is 0.238. The number of fused-ring (bicyclic) bond motifs is 6. The molecule has 9 rings (SSSR count). The summed E-state index contributed by atoms with van der Waals surface area (Å²) < 4.78 is 4.43. The molecule has 2 unspecified atom stereocenters. The molecule has 0 aliphatic heterocycles. The first-order valence-electron chi connectivity index (χ1n) is 19.3. The summed E-state index contributed by atoms with van der Waals surface area (Å²) in [6.07, 6.45) is 4.53. The van der Waals surface area contributed by atoms with Crippen LogP contribution < -0.4 is 0 Å². The number of hydrogen-bond donors (Lipinski definition) is 2. The molecule has 0 saturated heterocycles. The van der Waals surface area contributed by atoms with Gasteiger partial charge in [0.1, 0.15) is 11.5 Å². The molecule has 0 bridgehead atoms. The van der Waals surface area contributed by atoms with E-state index in [9.17, 15) is 10.2 Å². The van der Waals surface area contributed by atoms with Crippen LogP contribution in [0.3, 0.4) is 0 Å². The summed E-state index contributed by atoms with van der Waals surface area (Å²) in [5.41, 5.74) is 9.86. The zero-order valence-electron chi connectivity index (χ0n) is 31.6. The Morgan fingerprint density at radius 2 is 0.870 bits per heavy atom. The number of rotatable bonds is 8. The van der Waals surface area contributed by atoms with Gasteiger partial charge in [-0.05, 0) is 88.3 Å². The van der Waals surface area contributed by atoms with Crippen molar-refractivity contribution in [1.82, 2.24) is 18.9 Å². The van der Waals surface area contributed by atoms with E-state index in [2.05, 4.69) is 168 Å². The third-order valence-electron chi connectivity index (χ3n) is 11.8. The highest BCUT2D eigenvalue weighted by Gasteiger charge is 2.33. The van der Waals surface area contributed by atoms with Gasteiger partial charge in [-0.25, -0.2) is 0 Å². The van der Waals surface area contributed by atoms with Gasteiger partial charge in [-0.15, -0.1) is 0 Å². The van der Waals surface area contributed by atoms with Crippen molar-refractivity contribution in [2.45, 2.75) is 64.7 Å². The van der Waals surface area contributed by atoms with Crippen LogP contribution >= 0.6 is 0 Å². The van der Waals surface area contributed by atoms with Crippen molar-refractivity contribution < 1.29 is 10.2 Å². The first-order chi connectivity index (χ1) is 26.3. The number of aryl methyl sites for hydroxylation is 2. The van der Waals surface area contributed by atoms with Gasteiger partial charge in [0.25, 0.3) is 0 Å². The molecular formula is C48H48N4O2. The maximum absolute atomic E-state index is 12.4. The Hall–Kier alpha value is -5.56. The van der Waals surface area contributed by atoms with E-state index < -0.39 is 0 Å². The minimum absolute atomic E-state index is 0.238. The lowest BCUT2D eigenvalue weighted by atomic mass is 9.87. The number of benzene rings is 6. The third kappa shape index (κ3) is 5.72. The Morgan fingerprint density at radius 1 is 0.519 bits per heavy atom. The topological polar surface area (TPSA) is 56.8 Å². The van der Waals surface area contributed by atoms with Crippen LogP contribution in [0.1, 0.15) is 47.9 Å². The highest BCUT2D eigenvalue weighted by Crippen LogP contribution is 2.41. The molecule has 2 aromatic heterocycles. The molecule has 0 radical (unpaired) electrons. The molecule has 2 atom stereocenters. The Labute approximate surface area is 317 Å². The van der Waals surface area contributed by atoms with E-state index in [-0.39, 0.29) is 6.04 Å². The van der Waals surface area contributed by atoms with Crippen LogP contribution in [0.25, 0.3) is 55.0 Å². The molecule has 54 heavy (non-hydrogen) atoms. The zero-order chi connectivity index (χ0) is 37.1. The van der Waals surface area contributed by atoms with E-state index in [1.807, 2.05) is 0 Å².